The summed E-state index contributed by atoms with van der Waals surface area (Å²) in [5.74, 6) is 0.157. The largest absolute Gasteiger partial charge is 0.322 e. The Morgan fingerprint density at radius 3 is 2.67 bits per heavy atom. The number of amides is 1. The highest BCUT2D eigenvalue weighted by Crippen LogP contribution is 2.28. The fourth-order valence-electron chi connectivity index (χ4n) is 3.72. The van der Waals surface area contributed by atoms with Gasteiger partial charge >= 0.3 is 0 Å². The minimum atomic E-state index is -0.274. The molecule has 4 aromatic rings. The molecule has 0 spiro atoms. The summed E-state index contributed by atoms with van der Waals surface area (Å²) in [7, 11) is 0. The molecule has 132 valence electrons. The van der Waals surface area contributed by atoms with Crippen LogP contribution in [0.25, 0.3) is 21.8 Å². The molecule has 1 atom stereocenters. The lowest BCUT2D eigenvalue weighted by Gasteiger charge is -2.13. The van der Waals surface area contributed by atoms with E-state index in [0.29, 0.717) is 12.4 Å². The Labute approximate surface area is 156 Å². The van der Waals surface area contributed by atoms with Crippen LogP contribution in [-0.2, 0) is 11.2 Å². The van der Waals surface area contributed by atoms with Crippen LogP contribution in [0.15, 0.2) is 71.8 Å². The summed E-state index contributed by atoms with van der Waals surface area (Å²) in [5.41, 5.74) is 3.69. The lowest BCUT2D eigenvalue weighted by atomic mass is 9.92. The van der Waals surface area contributed by atoms with Crippen LogP contribution in [0.2, 0.25) is 0 Å². The van der Waals surface area contributed by atoms with E-state index in [4.69, 9.17) is 0 Å². The number of imidazole rings is 1. The van der Waals surface area contributed by atoms with Gasteiger partial charge in [-0.1, -0.05) is 54.6 Å². The molecule has 1 aliphatic heterocycles. The number of carbonyl (C=O) groups is 1. The monoisotopic (exact) mass is 354 g/mol. The normalized spacial score (nSPS) is 17.1. The number of rotatable bonds is 3. The molecule has 2 heterocycles. The number of benzene rings is 3. The maximum atomic E-state index is 13.1. The molecule has 0 aliphatic carbocycles. The van der Waals surface area contributed by atoms with Gasteiger partial charge in [0.1, 0.15) is 0 Å². The van der Waals surface area contributed by atoms with Crippen LogP contribution in [0.3, 0.4) is 0 Å². The minimum absolute atomic E-state index is 0.0421. The average Bonchev–Trinajstić information content (AvgIpc) is 3.24. The fourth-order valence-corrected chi connectivity index (χ4v) is 3.72. The second-order valence-corrected chi connectivity index (χ2v) is 6.86. The molecule has 5 heteroatoms. The van der Waals surface area contributed by atoms with Gasteiger partial charge in [-0.2, -0.15) is 10.1 Å². The first-order chi connectivity index (χ1) is 13.2. The van der Waals surface area contributed by atoms with Crippen LogP contribution in [-0.4, -0.2) is 21.6 Å². The zero-order chi connectivity index (χ0) is 18.4. The molecule has 1 unspecified atom stereocenters. The minimum Gasteiger partial charge on any atom is -0.322 e. The van der Waals surface area contributed by atoms with Crippen molar-refractivity contribution in [2.45, 2.75) is 13.3 Å². The maximum Gasteiger partial charge on any atom is 0.259 e. The lowest BCUT2D eigenvalue weighted by Crippen LogP contribution is -2.29. The number of hydrogen-bond donors (Lipinski definition) is 1. The zero-order valence-corrected chi connectivity index (χ0v) is 14.9. The molecule has 27 heavy (non-hydrogen) atoms. The van der Waals surface area contributed by atoms with E-state index in [1.807, 2.05) is 49.4 Å². The number of nitrogens with zero attached hydrogens (tertiary/aromatic N) is 3. The first-order valence-corrected chi connectivity index (χ1v) is 9.01. The van der Waals surface area contributed by atoms with Crippen LogP contribution in [0.5, 0.6) is 0 Å². The van der Waals surface area contributed by atoms with E-state index in [0.717, 1.165) is 22.3 Å². The number of para-hydroxylation sites is 2. The van der Waals surface area contributed by atoms with E-state index >= 15 is 0 Å². The van der Waals surface area contributed by atoms with Crippen molar-refractivity contribution in [1.29, 1.82) is 0 Å². The first-order valence-electron chi connectivity index (χ1n) is 9.01. The molecule has 1 amide bonds. The van der Waals surface area contributed by atoms with Gasteiger partial charge in [-0.05, 0) is 41.8 Å². The molecule has 1 aliphatic rings. The van der Waals surface area contributed by atoms with Gasteiger partial charge in [-0.3, -0.25) is 4.79 Å². The zero-order valence-electron chi connectivity index (χ0n) is 14.9. The number of nitrogens with one attached hydrogen (secondary N) is 1. The summed E-state index contributed by atoms with van der Waals surface area (Å²) in [6.07, 6.45) is 0.631. The quantitative estimate of drug-likeness (QED) is 0.596. The van der Waals surface area contributed by atoms with Gasteiger partial charge in [-0.25, -0.2) is 4.98 Å². The molecule has 1 N–H and O–H groups in total. The molecular weight excluding hydrogens is 336 g/mol. The molecule has 0 radical (unpaired) electrons. The van der Waals surface area contributed by atoms with Gasteiger partial charge in [0.05, 0.1) is 17.0 Å². The van der Waals surface area contributed by atoms with Crippen molar-refractivity contribution in [3.05, 3.63) is 72.3 Å². The van der Waals surface area contributed by atoms with Crippen LogP contribution in [0.4, 0.5) is 5.95 Å². The molecular formula is C22H18N4O. The molecule has 0 saturated carbocycles. The van der Waals surface area contributed by atoms with Gasteiger partial charge in [-0.15, -0.1) is 0 Å². The Balaban J connectivity index is 1.48. The molecule has 0 fully saturated rings. The van der Waals surface area contributed by atoms with Gasteiger partial charge in [0.2, 0.25) is 5.95 Å². The fraction of sp³-hybridized carbons (Fsp3) is 0.136. The summed E-state index contributed by atoms with van der Waals surface area (Å²) in [5, 5.41) is 8.27. The summed E-state index contributed by atoms with van der Waals surface area (Å²) < 4.78 is 0. The van der Waals surface area contributed by atoms with E-state index in [1.165, 1.54) is 15.8 Å². The molecule has 1 aromatic heterocycles. The predicted molar refractivity (Wildman–Crippen MR) is 108 cm³/mol. The third kappa shape index (κ3) is 2.59. The number of hydrazone groups is 1. The highest BCUT2D eigenvalue weighted by atomic mass is 16.2. The van der Waals surface area contributed by atoms with Crippen molar-refractivity contribution in [3.8, 4) is 0 Å². The highest BCUT2D eigenvalue weighted by molar-refractivity contribution is 6.14. The smallest absolute Gasteiger partial charge is 0.259 e. The van der Waals surface area contributed by atoms with Crippen molar-refractivity contribution in [2.75, 3.05) is 5.01 Å². The van der Waals surface area contributed by atoms with Crippen LogP contribution in [0.1, 0.15) is 12.5 Å². The van der Waals surface area contributed by atoms with Crippen molar-refractivity contribution in [1.82, 2.24) is 9.97 Å². The van der Waals surface area contributed by atoms with Gasteiger partial charge < -0.3 is 4.98 Å². The van der Waals surface area contributed by atoms with Crippen molar-refractivity contribution in [3.63, 3.8) is 0 Å². The maximum absolute atomic E-state index is 13.1. The van der Waals surface area contributed by atoms with Crippen molar-refractivity contribution in [2.24, 2.45) is 11.0 Å². The molecule has 0 bridgehead atoms. The van der Waals surface area contributed by atoms with Crippen LogP contribution >= 0.6 is 0 Å². The second-order valence-electron chi connectivity index (χ2n) is 6.86. The van der Waals surface area contributed by atoms with E-state index < -0.39 is 0 Å². The number of carbonyl (C=O) groups excluding carboxylic acids is 1. The van der Waals surface area contributed by atoms with Crippen LogP contribution < -0.4 is 5.01 Å². The Morgan fingerprint density at radius 1 is 1.00 bits per heavy atom. The summed E-state index contributed by atoms with van der Waals surface area (Å²) >= 11 is 0. The van der Waals surface area contributed by atoms with E-state index in [1.54, 1.807) is 0 Å². The summed E-state index contributed by atoms with van der Waals surface area (Å²) in [6.45, 7) is 1.91. The number of fused-ring (bicyclic) bond motifs is 2. The lowest BCUT2D eigenvalue weighted by molar-refractivity contribution is -0.119. The number of hydrogen-bond acceptors (Lipinski definition) is 3. The van der Waals surface area contributed by atoms with Gasteiger partial charge in [0.15, 0.2) is 0 Å². The SMILES string of the molecule is CC1=NN(c2nc3ccccc3[nH]2)C(=O)C1Cc1cccc2ccccc12. The predicted octanol–water partition coefficient (Wildman–Crippen LogP) is 4.30. The van der Waals surface area contributed by atoms with E-state index in [-0.39, 0.29) is 11.8 Å². The van der Waals surface area contributed by atoms with Crippen molar-refractivity contribution >= 4 is 39.4 Å². The summed E-state index contributed by atoms with van der Waals surface area (Å²) in [6, 6.07) is 22.2. The van der Waals surface area contributed by atoms with E-state index in [9.17, 15) is 4.79 Å². The Bertz CT molecular complexity index is 1170. The van der Waals surface area contributed by atoms with Crippen molar-refractivity contribution < 1.29 is 4.79 Å². The van der Waals surface area contributed by atoms with Crippen LogP contribution in [0, 0.1) is 5.92 Å². The van der Waals surface area contributed by atoms with E-state index in [2.05, 4.69) is 39.3 Å². The third-order valence-corrected chi connectivity index (χ3v) is 5.15. The number of H-pyrrole nitrogens is 1. The molecule has 5 rings (SSSR count). The standard InChI is InChI=1S/C22H18N4O/c1-14-18(13-16-9-6-8-15-7-2-3-10-17(15)16)21(27)26(25-14)22-23-19-11-4-5-12-20(19)24-22/h2-12,18H,13H2,1H3,(H,23,24). The molecule has 3 aromatic carbocycles. The molecule has 0 saturated heterocycles. The average molecular weight is 354 g/mol. The molecule has 5 nitrogen and oxygen atoms in total. The van der Waals surface area contributed by atoms with Gasteiger partial charge in [0.25, 0.3) is 5.91 Å². The third-order valence-electron chi connectivity index (χ3n) is 5.15. The number of anilines is 1. The Kier molecular flexibility index (Phi) is 3.53. The first kappa shape index (κ1) is 15.8. The van der Waals surface area contributed by atoms with Gasteiger partial charge in [0, 0.05) is 5.71 Å². The summed E-state index contributed by atoms with van der Waals surface area (Å²) in [4.78, 5) is 20.8. The number of aromatic nitrogens is 2. The Hall–Kier alpha value is -3.47. The number of aromatic amines is 1. The second kappa shape index (κ2) is 6.06. The highest BCUT2D eigenvalue weighted by Gasteiger charge is 2.36. The Morgan fingerprint density at radius 2 is 1.78 bits per heavy atom. The topological polar surface area (TPSA) is 61.4 Å².